The molecule has 0 saturated carbocycles. The first-order valence-electron chi connectivity index (χ1n) is 11.2. The van der Waals surface area contributed by atoms with Crippen LogP contribution in [0.25, 0.3) is 17.2 Å². The molecule has 3 rings (SSSR count). The van der Waals surface area contributed by atoms with Gasteiger partial charge in [0.15, 0.2) is 0 Å². The van der Waals surface area contributed by atoms with E-state index in [1.165, 1.54) is 59.9 Å². The van der Waals surface area contributed by atoms with E-state index in [0.717, 1.165) is 24.8 Å². The Bertz CT molecular complexity index is 905. The molecule has 0 aliphatic heterocycles. The molecule has 0 amide bonds. The lowest BCUT2D eigenvalue weighted by molar-refractivity contribution is 0.585. The van der Waals surface area contributed by atoms with Crippen molar-refractivity contribution in [3.05, 3.63) is 95.8 Å². The summed E-state index contributed by atoms with van der Waals surface area (Å²) < 4.78 is 0. The van der Waals surface area contributed by atoms with Crippen LogP contribution in [0.2, 0.25) is 0 Å². The van der Waals surface area contributed by atoms with Crippen LogP contribution in [0.15, 0.2) is 79.1 Å². The van der Waals surface area contributed by atoms with E-state index in [2.05, 4.69) is 80.4 Å². The van der Waals surface area contributed by atoms with Crippen molar-refractivity contribution < 1.29 is 0 Å². The second-order valence-corrected chi connectivity index (χ2v) is 8.10. The highest BCUT2D eigenvalue weighted by Crippen LogP contribution is 2.42. The number of fused-ring (bicyclic) bond motifs is 3. The SMILES string of the molecule is C=C=C(C=C)CCCC1Cc2cc(/C=C\CCCCC)ccc2-c2ccccc21. The summed E-state index contributed by atoms with van der Waals surface area (Å²) >= 11 is 0. The Balaban J connectivity index is 1.77. The average molecular weight is 383 g/mol. The molecule has 29 heavy (non-hydrogen) atoms. The van der Waals surface area contributed by atoms with Gasteiger partial charge in [-0.2, -0.15) is 0 Å². The lowest BCUT2D eigenvalue weighted by Gasteiger charge is -2.28. The number of unbranched alkanes of at least 4 members (excludes halogenated alkanes) is 3. The maximum absolute atomic E-state index is 3.87. The monoisotopic (exact) mass is 382 g/mol. The van der Waals surface area contributed by atoms with Gasteiger partial charge >= 0.3 is 0 Å². The Kier molecular flexibility index (Phi) is 7.91. The first-order chi connectivity index (χ1) is 14.3. The van der Waals surface area contributed by atoms with E-state index in [-0.39, 0.29) is 0 Å². The minimum Gasteiger partial charge on any atom is -0.125 e. The summed E-state index contributed by atoms with van der Waals surface area (Å²) in [5.74, 6) is 0.582. The fourth-order valence-corrected chi connectivity index (χ4v) is 4.41. The minimum atomic E-state index is 0.582. The molecule has 0 saturated heterocycles. The number of rotatable bonds is 10. The van der Waals surface area contributed by atoms with Crippen LogP contribution in [0, 0.1) is 0 Å². The Labute approximate surface area is 177 Å². The molecule has 0 nitrogen and oxygen atoms in total. The van der Waals surface area contributed by atoms with E-state index in [1.807, 2.05) is 6.08 Å². The summed E-state index contributed by atoms with van der Waals surface area (Å²) in [5, 5.41) is 0. The van der Waals surface area contributed by atoms with Gasteiger partial charge in [0.05, 0.1) is 0 Å². The van der Waals surface area contributed by atoms with E-state index in [0.29, 0.717) is 5.92 Å². The zero-order valence-corrected chi connectivity index (χ0v) is 17.9. The molecule has 0 spiro atoms. The quantitative estimate of drug-likeness (QED) is 0.219. The van der Waals surface area contributed by atoms with E-state index in [9.17, 15) is 0 Å². The minimum absolute atomic E-state index is 0.582. The fraction of sp³-hybridized carbons (Fsp3) is 0.345. The highest BCUT2D eigenvalue weighted by molar-refractivity contribution is 5.75. The first kappa shape index (κ1) is 21.2. The third-order valence-corrected chi connectivity index (χ3v) is 6.04. The van der Waals surface area contributed by atoms with Crippen molar-refractivity contribution in [1.29, 1.82) is 0 Å². The Hall–Kier alpha value is -2.56. The van der Waals surface area contributed by atoms with Crippen LogP contribution in [0.3, 0.4) is 0 Å². The standard InChI is InChI=1S/C29H34/c1-4-7-8-9-10-14-24-19-20-28-26(21-24)22-25(16-13-15-23(5-2)6-3)27-17-11-12-18-29(27)28/h5,10-12,14,17-21,25H,2-4,7-9,13,15-16,22H2,1H3/b14-10-. The van der Waals surface area contributed by atoms with E-state index < -0.39 is 0 Å². The van der Waals surface area contributed by atoms with Crippen molar-refractivity contribution in [2.24, 2.45) is 0 Å². The summed E-state index contributed by atoms with van der Waals surface area (Å²) in [5.41, 5.74) is 11.3. The third-order valence-electron chi connectivity index (χ3n) is 6.04. The molecule has 2 aromatic carbocycles. The van der Waals surface area contributed by atoms with Crippen LogP contribution in [0.4, 0.5) is 0 Å². The second kappa shape index (κ2) is 10.8. The molecule has 0 radical (unpaired) electrons. The average Bonchev–Trinajstić information content (AvgIpc) is 2.76. The highest BCUT2D eigenvalue weighted by atomic mass is 14.3. The van der Waals surface area contributed by atoms with Crippen molar-refractivity contribution in [2.75, 3.05) is 0 Å². The Morgan fingerprint density at radius 1 is 1.10 bits per heavy atom. The van der Waals surface area contributed by atoms with Crippen molar-refractivity contribution in [3.63, 3.8) is 0 Å². The van der Waals surface area contributed by atoms with Crippen LogP contribution in [0.5, 0.6) is 0 Å². The van der Waals surface area contributed by atoms with Crippen molar-refractivity contribution in [2.45, 2.75) is 64.2 Å². The van der Waals surface area contributed by atoms with Crippen molar-refractivity contribution in [3.8, 4) is 11.1 Å². The summed E-state index contributed by atoms with van der Waals surface area (Å²) in [4.78, 5) is 0. The molecule has 1 atom stereocenters. The molecule has 0 aromatic heterocycles. The van der Waals surface area contributed by atoms with Crippen LogP contribution in [-0.4, -0.2) is 0 Å². The van der Waals surface area contributed by atoms with Crippen LogP contribution >= 0.6 is 0 Å². The normalized spacial score (nSPS) is 14.9. The summed E-state index contributed by atoms with van der Waals surface area (Å²) in [6.07, 6.45) is 16.1. The second-order valence-electron chi connectivity index (χ2n) is 8.10. The van der Waals surface area contributed by atoms with Gasteiger partial charge in [0.1, 0.15) is 0 Å². The van der Waals surface area contributed by atoms with E-state index >= 15 is 0 Å². The molecule has 0 fully saturated rings. The zero-order valence-electron chi connectivity index (χ0n) is 17.9. The molecule has 1 unspecified atom stereocenters. The number of benzene rings is 2. The van der Waals surface area contributed by atoms with Gasteiger partial charge < -0.3 is 0 Å². The summed E-state index contributed by atoms with van der Waals surface area (Å²) in [6, 6.07) is 16.0. The lowest BCUT2D eigenvalue weighted by atomic mass is 9.76. The molecule has 1 aliphatic carbocycles. The molecule has 0 bridgehead atoms. The summed E-state index contributed by atoms with van der Waals surface area (Å²) in [6.45, 7) is 9.90. The number of hydrogen-bond acceptors (Lipinski definition) is 0. The topological polar surface area (TPSA) is 0 Å². The fourth-order valence-electron chi connectivity index (χ4n) is 4.41. The Morgan fingerprint density at radius 3 is 2.76 bits per heavy atom. The van der Waals surface area contributed by atoms with Crippen LogP contribution in [0.1, 0.15) is 74.5 Å². The molecular weight excluding hydrogens is 348 g/mol. The molecule has 0 N–H and O–H groups in total. The highest BCUT2D eigenvalue weighted by Gasteiger charge is 2.24. The van der Waals surface area contributed by atoms with Crippen molar-refractivity contribution >= 4 is 6.08 Å². The number of hydrogen-bond donors (Lipinski definition) is 0. The van der Waals surface area contributed by atoms with Crippen molar-refractivity contribution in [1.82, 2.24) is 0 Å². The van der Waals surface area contributed by atoms with Crippen LogP contribution < -0.4 is 0 Å². The Morgan fingerprint density at radius 2 is 1.97 bits per heavy atom. The molecular formula is C29H34. The van der Waals surface area contributed by atoms with Gasteiger partial charge in [-0.3, -0.25) is 0 Å². The molecule has 1 aliphatic rings. The van der Waals surface area contributed by atoms with Gasteiger partial charge in [-0.05, 0) is 77.8 Å². The largest absolute Gasteiger partial charge is 0.125 e. The lowest BCUT2D eigenvalue weighted by Crippen LogP contribution is -2.11. The van der Waals surface area contributed by atoms with Gasteiger partial charge in [-0.1, -0.05) is 93.6 Å². The maximum Gasteiger partial charge on any atom is -0.00725 e. The molecule has 0 heteroatoms. The van der Waals surface area contributed by atoms with Gasteiger partial charge in [0, 0.05) is 0 Å². The van der Waals surface area contributed by atoms with E-state index in [1.54, 1.807) is 0 Å². The predicted molar refractivity (Wildman–Crippen MR) is 128 cm³/mol. The summed E-state index contributed by atoms with van der Waals surface area (Å²) in [7, 11) is 0. The first-order valence-corrected chi connectivity index (χ1v) is 11.2. The number of allylic oxidation sites excluding steroid dienone is 3. The maximum atomic E-state index is 3.87. The molecule has 150 valence electrons. The smallest absolute Gasteiger partial charge is 0.00725 e. The van der Waals surface area contributed by atoms with E-state index in [4.69, 9.17) is 0 Å². The predicted octanol–water partition coefficient (Wildman–Crippen LogP) is 8.65. The van der Waals surface area contributed by atoms with Crippen LogP contribution in [-0.2, 0) is 6.42 Å². The van der Waals surface area contributed by atoms with Gasteiger partial charge in [0.2, 0.25) is 0 Å². The molecule has 0 heterocycles. The van der Waals surface area contributed by atoms with Gasteiger partial charge in [0.25, 0.3) is 0 Å². The van der Waals surface area contributed by atoms with Gasteiger partial charge in [-0.25, -0.2) is 0 Å². The van der Waals surface area contributed by atoms with Gasteiger partial charge in [-0.15, -0.1) is 5.73 Å². The third kappa shape index (κ3) is 5.49. The molecule has 2 aromatic rings. The zero-order chi connectivity index (χ0) is 20.5.